The average molecular weight is 284 g/mol. The fourth-order valence-electron chi connectivity index (χ4n) is 1.57. The van der Waals surface area contributed by atoms with Crippen LogP contribution >= 0.6 is 12.2 Å². The summed E-state index contributed by atoms with van der Waals surface area (Å²) in [4.78, 5) is 0. The molecular formula is C10H20NS2Zn-. The summed E-state index contributed by atoms with van der Waals surface area (Å²) < 4.78 is 0.489. The minimum absolute atomic E-state index is 0. The van der Waals surface area contributed by atoms with Gasteiger partial charge >= 0.3 is 0 Å². The van der Waals surface area contributed by atoms with E-state index < -0.39 is 0 Å². The zero-order valence-electron chi connectivity index (χ0n) is 9.72. The first kappa shape index (κ1) is 17.1. The van der Waals surface area contributed by atoms with E-state index in [-0.39, 0.29) is 19.5 Å². The summed E-state index contributed by atoms with van der Waals surface area (Å²) in [5, 5.41) is 3.01. The number of hydrogen-bond acceptors (Lipinski definition) is 2. The van der Waals surface area contributed by atoms with Crippen molar-refractivity contribution in [3.63, 3.8) is 0 Å². The zero-order valence-corrected chi connectivity index (χ0v) is 14.3. The summed E-state index contributed by atoms with van der Waals surface area (Å²) >= 11 is 9.52. The second-order valence-electron chi connectivity index (χ2n) is 4.87. The van der Waals surface area contributed by atoms with Crippen molar-refractivity contribution in [1.29, 1.82) is 0 Å². The first-order chi connectivity index (χ1) is 5.81. The van der Waals surface area contributed by atoms with Crippen LogP contribution in [-0.4, -0.2) is 10.9 Å². The van der Waals surface area contributed by atoms with Crippen LogP contribution in [0.3, 0.4) is 0 Å². The van der Waals surface area contributed by atoms with E-state index in [1.165, 1.54) is 6.42 Å². The van der Waals surface area contributed by atoms with Crippen LogP contribution in [0.2, 0.25) is 0 Å². The number of nitrogens with one attached hydrogen (secondary N) is 1. The molecule has 0 fully saturated rings. The van der Waals surface area contributed by atoms with Gasteiger partial charge in [-0.05, 0) is 24.2 Å². The van der Waals surface area contributed by atoms with Gasteiger partial charge in [0.05, 0.1) is 0 Å². The monoisotopic (exact) mass is 282 g/mol. The summed E-state index contributed by atoms with van der Waals surface area (Å²) in [7, 11) is 0. The summed E-state index contributed by atoms with van der Waals surface area (Å²) in [6.07, 6.45) is 2.40. The summed E-state index contributed by atoms with van der Waals surface area (Å²) in [6, 6.07) is 0. The average Bonchev–Trinajstić information content (AvgIpc) is 1.81. The molecule has 0 rings (SSSR count). The SMILES string of the molecule is CC(CCNC(=S)[S-])CC(C)(C)C.[Zn]. The van der Waals surface area contributed by atoms with Crippen molar-refractivity contribution in [3.8, 4) is 0 Å². The number of hydrogen-bond donors (Lipinski definition) is 1. The van der Waals surface area contributed by atoms with E-state index in [9.17, 15) is 0 Å². The van der Waals surface area contributed by atoms with Crippen molar-refractivity contribution in [2.24, 2.45) is 11.3 Å². The molecule has 1 N–H and O–H groups in total. The van der Waals surface area contributed by atoms with E-state index in [1.807, 2.05) is 0 Å². The van der Waals surface area contributed by atoms with Crippen LogP contribution in [0.15, 0.2) is 0 Å². The molecule has 0 heterocycles. The molecule has 0 aliphatic rings. The van der Waals surface area contributed by atoms with Gasteiger partial charge in [0.15, 0.2) is 0 Å². The molecule has 0 saturated carbocycles. The van der Waals surface area contributed by atoms with Gasteiger partial charge in [-0.15, -0.1) is 0 Å². The minimum atomic E-state index is 0. The molecule has 1 nitrogen and oxygen atoms in total. The number of thiocarbonyl (C=S) groups is 1. The maximum atomic E-state index is 4.76. The molecule has 0 saturated heterocycles. The van der Waals surface area contributed by atoms with Gasteiger partial charge in [0.25, 0.3) is 0 Å². The van der Waals surface area contributed by atoms with E-state index in [2.05, 4.69) is 33.0 Å². The third kappa shape index (κ3) is 12.7. The molecule has 14 heavy (non-hydrogen) atoms. The molecule has 0 spiro atoms. The Morgan fingerprint density at radius 1 is 1.43 bits per heavy atom. The topological polar surface area (TPSA) is 12.0 Å². The molecule has 0 aliphatic carbocycles. The molecule has 0 aromatic heterocycles. The minimum Gasteiger partial charge on any atom is -0.412 e. The van der Waals surface area contributed by atoms with Crippen molar-refractivity contribution in [1.82, 2.24) is 5.32 Å². The van der Waals surface area contributed by atoms with Gasteiger partial charge in [0, 0.05) is 26.0 Å². The van der Waals surface area contributed by atoms with Crippen LogP contribution in [0.5, 0.6) is 0 Å². The van der Waals surface area contributed by atoms with Crippen LogP contribution in [-0.2, 0) is 32.1 Å². The van der Waals surface area contributed by atoms with Gasteiger partial charge in [-0.25, -0.2) is 0 Å². The molecule has 0 aliphatic heterocycles. The summed E-state index contributed by atoms with van der Waals surface area (Å²) in [5.41, 5.74) is 0.424. The van der Waals surface area contributed by atoms with E-state index in [1.54, 1.807) is 0 Å². The van der Waals surface area contributed by atoms with Crippen LogP contribution in [0.4, 0.5) is 0 Å². The number of rotatable bonds is 4. The predicted molar refractivity (Wildman–Crippen MR) is 65.8 cm³/mol. The predicted octanol–water partition coefficient (Wildman–Crippen LogP) is 2.87. The van der Waals surface area contributed by atoms with Crippen molar-refractivity contribution >= 4 is 29.2 Å². The van der Waals surface area contributed by atoms with Crippen LogP contribution in [0.25, 0.3) is 0 Å². The summed E-state index contributed by atoms with van der Waals surface area (Å²) in [6.45, 7) is 10.0. The Kier molecular flexibility index (Phi) is 9.74. The molecule has 0 radical (unpaired) electrons. The Bertz CT molecular complexity index is 166. The Morgan fingerprint density at radius 3 is 2.29 bits per heavy atom. The fraction of sp³-hybridized carbons (Fsp3) is 0.900. The van der Waals surface area contributed by atoms with Gasteiger partial charge < -0.3 is 30.2 Å². The maximum absolute atomic E-state index is 4.76. The van der Waals surface area contributed by atoms with Crippen molar-refractivity contribution in [2.75, 3.05) is 6.54 Å². The van der Waals surface area contributed by atoms with Crippen molar-refractivity contribution in [2.45, 2.75) is 40.5 Å². The molecular weight excluding hydrogens is 264 g/mol. The van der Waals surface area contributed by atoms with E-state index in [0.717, 1.165) is 18.9 Å². The smallest absolute Gasteiger partial charge is 0.0134 e. The van der Waals surface area contributed by atoms with Crippen LogP contribution in [0.1, 0.15) is 40.5 Å². The Labute approximate surface area is 112 Å². The largest absolute Gasteiger partial charge is 0.412 e. The molecule has 0 aromatic carbocycles. The normalized spacial score (nSPS) is 12.9. The molecule has 1 atom stereocenters. The van der Waals surface area contributed by atoms with Gasteiger partial charge in [0.1, 0.15) is 0 Å². The van der Waals surface area contributed by atoms with Gasteiger partial charge in [0.2, 0.25) is 0 Å². The van der Waals surface area contributed by atoms with Gasteiger partial charge in [-0.3, -0.25) is 0 Å². The van der Waals surface area contributed by atoms with E-state index in [0.29, 0.717) is 9.74 Å². The van der Waals surface area contributed by atoms with Crippen LogP contribution < -0.4 is 5.32 Å². The standard InChI is InChI=1S/C10H21NS2.Zn/c1-8(7-10(2,3)4)5-6-11-9(12)13;/h8H,5-7H2,1-4H3,(H2,11,12,13);/p-1. The zero-order chi connectivity index (χ0) is 10.5. The van der Waals surface area contributed by atoms with Gasteiger partial charge in [-0.1, -0.05) is 32.0 Å². The molecule has 4 heteroatoms. The van der Waals surface area contributed by atoms with Crippen LogP contribution in [0, 0.1) is 11.3 Å². The van der Waals surface area contributed by atoms with Crippen molar-refractivity contribution in [3.05, 3.63) is 0 Å². The third-order valence-electron chi connectivity index (χ3n) is 1.87. The Morgan fingerprint density at radius 2 is 1.93 bits per heavy atom. The summed E-state index contributed by atoms with van der Waals surface area (Å²) in [5.74, 6) is 0.733. The quantitative estimate of drug-likeness (QED) is 0.484. The Balaban J connectivity index is 0. The maximum Gasteiger partial charge on any atom is 0.0134 e. The van der Waals surface area contributed by atoms with E-state index in [4.69, 9.17) is 24.8 Å². The fourth-order valence-corrected chi connectivity index (χ4v) is 1.77. The first-order valence-corrected chi connectivity index (χ1v) is 5.58. The second-order valence-corrected chi connectivity index (χ2v) is 5.95. The molecule has 0 amide bonds. The third-order valence-corrected chi connectivity index (χ3v) is 2.16. The van der Waals surface area contributed by atoms with Gasteiger partial charge in [-0.2, -0.15) is 0 Å². The molecule has 0 bridgehead atoms. The van der Waals surface area contributed by atoms with E-state index >= 15 is 0 Å². The first-order valence-electron chi connectivity index (χ1n) is 4.76. The molecule has 0 aromatic rings. The second kappa shape index (κ2) is 7.95. The molecule has 80 valence electrons. The van der Waals surface area contributed by atoms with Crippen molar-refractivity contribution < 1.29 is 19.5 Å². The Hall–Kier alpha value is 0.733. The molecule has 1 unspecified atom stereocenters.